The number of hydrogen-bond acceptors (Lipinski definition) is 8. The molecule has 10 nitrogen and oxygen atoms in total. The number of amides is 1. The van der Waals surface area contributed by atoms with Crippen molar-refractivity contribution in [1.29, 1.82) is 5.26 Å². The minimum absolute atomic E-state index is 0.128. The Morgan fingerprint density at radius 1 is 1.40 bits per heavy atom. The Hall–Kier alpha value is -3.71. The SMILES string of the molecule is CCCCNC(=O)c1cnc(-n2ncc3cc(C#N)c(N)nc32)cc1NC1COC1. The number of rotatable bonds is 7. The number of carbonyl (C=O) groups is 1. The van der Waals surface area contributed by atoms with E-state index < -0.39 is 0 Å². The molecule has 4 N–H and O–H groups in total. The summed E-state index contributed by atoms with van der Waals surface area (Å²) < 4.78 is 6.77. The third-order valence-electron chi connectivity index (χ3n) is 4.86. The first kappa shape index (κ1) is 19.6. The molecule has 30 heavy (non-hydrogen) atoms. The summed E-state index contributed by atoms with van der Waals surface area (Å²) in [6.07, 6.45) is 5.03. The predicted molar refractivity (Wildman–Crippen MR) is 111 cm³/mol. The van der Waals surface area contributed by atoms with Crippen molar-refractivity contribution in [3.05, 3.63) is 35.7 Å². The van der Waals surface area contributed by atoms with Crippen LogP contribution in [-0.4, -0.2) is 51.5 Å². The normalized spacial score (nSPS) is 13.6. The van der Waals surface area contributed by atoms with Crippen molar-refractivity contribution in [3.63, 3.8) is 0 Å². The van der Waals surface area contributed by atoms with E-state index in [1.807, 2.05) is 6.07 Å². The second-order valence-electron chi connectivity index (χ2n) is 7.08. The highest BCUT2D eigenvalue weighted by molar-refractivity contribution is 5.99. The number of fused-ring (bicyclic) bond motifs is 1. The van der Waals surface area contributed by atoms with Gasteiger partial charge in [0.15, 0.2) is 11.5 Å². The second kappa shape index (κ2) is 8.34. The topological polar surface area (TPSA) is 144 Å². The van der Waals surface area contributed by atoms with Gasteiger partial charge in [0.1, 0.15) is 11.9 Å². The number of ether oxygens (including phenoxy) is 1. The Balaban J connectivity index is 1.71. The number of aromatic nitrogens is 4. The lowest BCUT2D eigenvalue weighted by molar-refractivity contribution is 0.0210. The standard InChI is InChI=1S/C20H22N8O2/c1-2-3-4-23-20(29)15-9-24-17(6-16(15)26-14-10-30-11-14)28-19-13(8-25-28)5-12(7-21)18(22)27-19/h5-6,8-9,14H,2-4,10-11H2,1H3,(H2,22,27)(H,23,29)(H,24,26). The van der Waals surface area contributed by atoms with Crippen LogP contribution in [0.15, 0.2) is 24.5 Å². The van der Waals surface area contributed by atoms with Gasteiger partial charge in [0.2, 0.25) is 0 Å². The molecule has 10 heteroatoms. The minimum Gasteiger partial charge on any atom is -0.383 e. The lowest BCUT2D eigenvalue weighted by atomic mass is 10.1. The van der Waals surface area contributed by atoms with Crippen LogP contribution in [0.5, 0.6) is 0 Å². The molecule has 0 spiro atoms. The Bertz CT molecular complexity index is 1130. The van der Waals surface area contributed by atoms with Crippen LogP contribution in [-0.2, 0) is 4.74 Å². The molecule has 0 saturated carbocycles. The highest BCUT2D eigenvalue weighted by Gasteiger charge is 2.22. The molecular formula is C20H22N8O2. The van der Waals surface area contributed by atoms with Gasteiger partial charge in [-0.15, -0.1) is 0 Å². The maximum Gasteiger partial charge on any atom is 0.254 e. The van der Waals surface area contributed by atoms with E-state index in [2.05, 4.69) is 32.6 Å². The average molecular weight is 406 g/mol. The molecule has 1 aliphatic rings. The van der Waals surface area contributed by atoms with Crippen molar-refractivity contribution in [2.24, 2.45) is 0 Å². The maximum atomic E-state index is 12.6. The van der Waals surface area contributed by atoms with Gasteiger partial charge in [0, 0.05) is 24.2 Å². The number of nitriles is 1. The number of hydrogen-bond donors (Lipinski definition) is 3. The first-order chi connectivity index (χ1) is 14.6. The molecule has 0 radical (unpaired) electrons. The number of pyridine rings is 2. The number of nitrogen functional groups attached to an aromatic ring is 1. The van der Waals surface area contributed by atoms with Crippen LogP contribution in [0.3, 0.4) is 0 Å². The predicted octanol–water partition coefficient (Wildman–Crippen LogP) is 1.61. The van der Waals surface area contributed by atoms with E-state index in [0.29, 0.717) is 53.4 Å². The fraction of sp³-hybridized carbons (Fsp3) is 0.350. The molecule has 0 aliphatic carbocycles. The monoisotopic (exact) mass is 406 g/mol. The van der Waals surface area contributed by atoms with E-state index in [-0.39, 0.29) is 17.8 Å². The van der Waals surface area contributed by atoms with Gasteiger partial charge in [0.05, 0.1) is 42.3 Å². The zero-order chi connectivity index (χ0) is 21.1. The minimum atomic E-state index is -0.184. The van der Waals surface area contributed by atoms with Gasteiger partial charge < -0.3 is 21.1 Å². The van der Waals surface area contributed by atoms with Gasteiger partial charge in [-0.1, -0.05) is 13.3 Å². The van der Waals surface area contributed by atoms with Gasteiger partial charge in [-0.05, 0) is 12.5 Å². The van der Waals surface area contributed by atoms with E-state index in [1.54, 1.807) is 18.3 Å². The summed E-state index contributed by atoms with van der Waals surface area (Å²) in [6.45, 7) is 3.83. The van der Waals surface area contributed by atoms with Gasteiger partial charge in [-0.2, -0.15) is 15.0 Å². The first-order valence-electron chi connectivity index (χ1n) is 9.78. The molecule has 4 heterocycles. The molecule has 1 amide bonds. The van der Waals surface area contributed by atoms with Gasteiger partial charge in [0.25, 0.3) is 5.91 Å². The third-order valence-corrected chi connectivity index (χ3v) is 4.86. The Morgan fingerprint density at radius 3 is 2.93 bits per heavy atom. The number of carbonyl (C=O) groups excluding carboxylic acids is 1. The Labute approximate surface area is 173 Å². The summed E-state index contributed by atoms with van der Waals surface area (Å²) in [4.78, 5) is 21.4. The third kappa shape index (κ3) is 3.75. The molecular weight excluding hydrogens is 384 g/mol. The van der Waals surface area contributed by atoms with Crippen molar-refractivity contribution < 1.29 is 9.53 Å². The fourth-order valence-electron chi connectivity index (χ4n) is 3.10. The van der Waals surface area contributed by atoms with Crippen molar-refractivity contribution in [2.75, 3.05) is 30.8 Å². The lowest BCUT2D eigenvalue weighted by Crippen LogP contribution is -2.41. The summed E-state index contributed by atoms with van der Waals surface area (Å²) in [5.74, 6) is 0.426. The summed E-state index contributed by atoms with van der Waals surface area (Å²) >= 11 is 0. The summed E-state index contributed by atoms with van der Waals surface area (Å²) in [7, 11) is 0. The molecule has 1 aliphatic heterocycles. The highest BCUT2D eigenvalue weighted by atomic mass is 16.5. The highest BCUT2D eigenvalue weighted by Crippen LogP contribution is 2.24. The Kier molecular flexibility index (Phi) is 5.45. The number of nitrogens with zero attached hydrogens (tertiary/aromatic N) is 5. The second-order valence-corrected chi connectivity index (χ2v) is 7.08. The van der Waals surface area contributed by atoms with Gasteiger partial charge >= 0.3 is 0 Å². The van der Waals surface area contributed by atoms with Crippen molar-refractivity contribution >= 4 is 28.4 Å². The van der Waals surface area contributed by atoms with Crippen LogP contribution >= 0.6 is 0 Å². The van der Waals surface area contributed by atoms with E-state index in [9.17, 15) is 4.79 Å². The number of anilines is 2. The maximum absolute atomic E-state index is 12.6. The molecule has 1 fully saturated rings. The zero-order valence-corrected chi connectivity index (χ0v) is 16.6. The molecule has 0 aromatic carbocycles. The quantitative estimate of drug-likeness (QED) is 0.502. The number of unbranched alkanes of at least 4 members (excludes halogenated alkanes) is 1. The average Bonchev–Trinajstić information content (AvgIpc) is 3.12. The van der Waals surface area contributed by atoms with Crippen LogP contribution in [0.1, 0.15) is 35.7 Å². The summed E-state index contributed by atoms with van der Waals surface area (Å²) in [5, 5.41) is 20.4. The molecule has 4 rings (SSSR count). The summed E-state index contributed by atoms with van der Waals surface area (Å²) in [5.41, 5.74) is 7.75. The molecule has 0 bridgehead atoms. The smallest absolute Gasteiger partial charge is 0.254 e. The van der Waals surface area contributed by atoms with Crippen LogP contribution in [0.25, 0.3) is 16.9 Å². The van der Waals surface area contributed by atoms with Crippen molar-refractivity contribution in [1.82, 2.24) is 25.1 Å². The van der Waals surface area contributed by atoms with Crippen molar-refractivity contribution in [3.8, 4) is 11.9 Å². The first-order valence-corrected chi connectivity index (χ1v) is 9.78. The van der Waals surface area contributed by atoms with Crippen LogP contribution < -0.4 is 16.4 Å². The zero-order valence-electron chi connectivity index (χ0n) is 16.6. The van der Waals surface area contributed by atoms with Crippen molar-refractivity contribution in [2.45, 2.75) is 25.8 Å². The molecule has 3 aromatic rings. The van der Waals surface area contributed by atoms with E-state index >= 15 is 0 Å². The molecule has 3 aromatic heterocycles. The van der Waals surface area contributed by atoms with Gasteiger partial charge in [-0.3, -0.25) is 4.79 Å². The van der Waals surface area contributed by atoms with E-state index in [4.69, 9.17) is 15.7 Å². The fourth-order valence-corrected chi connectivity index (χ4v) is 3.10. The van der Waals surface area contributed by atoms with Crippen LogP contribution in [0.2, 0.25) is 0 Å². The van der Waals surface area contributed by atoms with Gasteiger partial charge in [-0.25, -0.2) is 9.97 Å². The molecule has 154 valence electrons. The largest absolute Gasteiger partial charge is 0.383 e. The summed E-state index contributed by atoms with van der Waals surface area (Å²) in [6, 6.07) is 5.54. The molecule has 0 atom stereocenters. The lowest BCUT2D eigenvalue weighted by Gasteiger charge is -2.28. The molecule has 1 saturated heterocycles. The van der Waals surface area contributed by atoms with Crippen LogP contribution in [0, 0.1) is 11.3 Å². The molecule has 0 unspecified atom stereocenters. The number of nitrogens with two attached hydrogens (primary N) is 1. The van der Waals surface area contributed by atoms with E-state index in [0.717, 1.165) is 12.8 Å². The van der Waals surface area contributed by atoms with Crippen LogP contribution in [0.4, 0.5) is 11.5 Å². The number of nitrogens with one attached hydrogen (secondary N) is 2. The van der Waals surface area contributed by atoms with E-state index in [1.165, 1.54) is 10.9 Å². The Morgan fingerprint density at radius 2 is 2.23 bits per heavy atom.